The third-order valence-corrected chi connectivity index (χ3v) is 4.90. The lowest BCUT2D eigenvalue weighted by atomic mass is 9.85. The first-order valence-electron chi connectivity index (χ1n) is 8.54. The monoisotopic (exact) mass is 408 g/mol. The summed E-state index contributed by atoms with van der Waals surface area (Å²) in [6.45, 7) is 3.91. The Morgan fingerprint density at radius 1 is 1.00 bits per heavy atom. The molecule has 0 saturated heterocycles. The highest BCUT2D eigenvalue weighted by molar-refractivity contribution is 9.10. The van der Waals surface area contributed by atoms with Gasteiger partial charge >= 0.3 is 0 Å². The van der Waals surface area contributed by atoms with Gasteiger partial charge in [0.1, 0.15) is 0 Å². The van der Waals surface area contributed by atoms with Gasteiger partial charge in [-0.1, -0.05) is 63.6 Å². The van der Waals surface area contributed by atoms with E-state index in [0.29, 0.717) is 5.71 Å². The molecule has 0 bridgehead atoms. The highest BCUT2D eigenvalue weighted by atomic mass is 79.9. The van der Waals surface area contributed by atoms with E-state index in [0.717, 1.165) is 33.4 Å². The molecule has 3 aromatic rings. The summed E-state index contributed by atoms with van der Waals surface area (Å²) in [6.07, 6.45) is 0.747. The molecule has 0 aliphatic rings. The van der Waals surface area contributed by atoms with E-state index in [1.54, 1.807) is 0 Å². The maximum atomic E-state index is 9.88. The van der Waals surface area contributed by atoms with E-state index in [1.807, 2.05) is 56.3 Å². The fraction of sp³-hybridized carbons (Fsp3) is 0.182. The molecule has 0 saturated carbocycles. The van der Waals surface area contributed by atoms with Crippen LogP contribution in [0.4, 0.5) is 0 Å². The zero-order valence-corrected chi connectivity index (χ0v) is 16.4. The number of nitrogens with zero attached hydrogens (tertiary/aromatic N) is 2. The Hall–Kier alpha value is -2.46. The quantitative estimate of drug-likeness (QED) is 0.336. The van der Waals surface area contributed by atoms with Crippen LogP contribution in [-0.2, 0) is 6.42 Å². The van der Waals surface area contributed by atoms with E-state index >= 15 is 0 Å². The van der Waals surface area contributed by atoms with Crippen molar-refractivity contribution in [1.29, 1.82) is 0 Å². The van der Waals surface area contributed by atoms with E-state index in [1.165, 1.54) is 5.56 Å². The number of halogens is 1. The first kappa shape index (κ1) is 18.3. The van der Waals surface area contributed by atoms with Gasteiger partial charge in [-0.3, -0.25) is 4.98 Å². The molecule has 1 heterocycles. The molecule has 132 valence electrons. The molecule has 3 nitrogen and oxygen atoms in total. The lowest BCUT2D eigenvalue weighted by Gasteiger charge is -2.20. The van der Waals surface area contributed by atoms with E-state index < -0.39 is 0 Å². The molecule has 1 aromatic heterocycles. The van der Waals surface area contributed by atoms with Crippen molar-refractivity contribution in [3.8, 4) is 0 Å². The number of benzene rings is 2. The second kappa shape index (κ2) is 8.28. The number of hydrogen-bond acceptors (Lipinski definition) is 3. The normalized spacial score (nSPS) is 12.8. The minimum absolute atomic E-state index is 0.0522. The predicted molar refractivity (Wildman–Crippen MR) is 109 cm³/mol. The van der Waals surface area contributed by atoms with Gasteiger partial charge in [0.2, 0.25) is 0 Å². The molecule has 4 heteroatoms. The molecule has 0 aliphatic carbocycles. The first-order chi connectivity index (χ1) is 12.6. The van der Waals surface area contributed by atoms with Gasteiger partial charge in [-0.25, -0.2) is 0 Å². The standard InChI is InChI=1S/C22H21BrN2O/c1-15-12-19(13-16(2)24-15)22(25-26)21(18-6-4-3-5-7-18)14-17-8-10-20(23)11-9-17/h3-13,21,26H,14H2,1-2H3. The molecule has 0 aliphatic heterocycles. The van der Waals surface area contributed by atoms with E-state index in [4.69, 9.17) is 0 Å². The summed E-state index contributed by atoms with van der Waals surface area (Å²) in [7, 11) is 0. The molecule has 0 spiro atoms. The van der Waals surface area contributed by atoms with Crippen LogP contribution in [0.1, 0.15) is 34.0 Å². The second-order valence-corrected chi connectivity index (χ2v) is 7.33. The zero-order chi connectivity index (χ0) is 18.5. The third kappa shape index (κ3) is 4.38. The SMILES string of the molecule is Cc1cc(C(=NO)C(Cc2ccc(Br)cc2)c2ccccc2)cc(C)n1. The highest BCUT2D eigenvalue weighted by Gasteiger charge is 2.22. The van der Waals surface area contributed by atoms with Crippen LogP contribution in [0, 0.1) is 13.8 Å². The summed E-state index contributed by atoms with van der Waals surface area (Å²) in [5, 5.41) is 13.6. The summed E-state index contributed by atoms with van der Waals surface area (Å²) < 4.78 is 1.05. The van der Waals surface area contributed by atoms with Crippen molar-refractivity contribution in [2.24, 2.45) is 5.16 Å². The minimum atomic E-state index is -0.0522. The summed E-state index contributed by atoms with van der Waals surface area (Å²) in [5.41, 5.74) is 5.70. The molecule has 1 N–H and O–H groups in total. The van der Waals surface area contributed by atoms with Crippen LogP contribution >= 0.6 is 15.9 Å². The van der Waals surface area contributed by atoms with Crippen molar-refractivity contribution in [2.75, 3.05) is 0 Å². The van der Waals surface area contributed by atoms with Crippen LogP contribution in [0.2, 0.25) is 0 Å². The third-order valence-electron chi connectivity index (χ3n) is 4.37. The average molecular weight is 409 g/mol. The zero-order valence-electron chi connectivity index (χ0n) is 14.9. The molecular weight excluding hydrogens is 388 g/mol. The molecule has 0 radical (unpaired) electrons. The lowest BCUT2D eigenvalue weighted by molar-refractivity contribution is 0.317. The van der Waals surface area contributed by atoms with E-state index in [9.17, 15) is 5.21 Å². The maximum Gasteiger partial charge on any atom is 0.0947 e. The molecule has 0 fully saturated rings. The largest absolute Gasteiger partial charge is 0.411 e. The Kier molecular flexibility index (Phi) is 5.84. The maximum absolute atomic E-state index is 9.88. The smallest absolute Gasteiger partial charge is 0.0947 e. The van der Waals surface area contributed by atoms with Crippen LogP contribution < -0.4 is 0 Å². The molecule has 3 rings (SSSR count). The van der Waals surface area contributed by atoms with Gasteiger partial charge < -0.3 is 5.21 Å². The first-order valence-corrected chi connectivity index (χ1v) is 9.33. The van der Waals surface area contributed by atoms with Gasteiger partial charge in [-0.15, -0.1) is 0 Å². The Morgan fingerprint density at radius 3 is 2.19 bits per heavy atom. The van der Waals surface area contributed by atoms with Crippen molar-refractivity contribution in [2.45, 2.75) is 26.2 Å². The Morgan fingerprint density at radius 2 is 1.62 bits per heavy atom. The number of oxime groups is 1. The summed E-state index contributed by atoms with van der Waals surface area (Å²) in [4.78, 5) is 4.43. The molecule has 1 unspecified atom stereocenters. The molecule has 2 aromatic carbocycles. The van der Waals surface area contributed by atoms with Crippen LogP contribution in [-0.4, -0.2) is 15.9 Å². The van der Waals surface area contributed by atoms with Gasteiger partial charge in [-0.05, 0) is 55.7 Å². The van der Waals surface area contributed by atoms with Crippen molar-refractivity contribution in [3.63, 3.8) is 0 Å². The van der Waals surface area contributed by atoms with Crippen LogP contribution in [0.3, 0.4) is 0 Å². The number of aromatic nitrogens is 1. The summed E-state index contributed by atoms with van der Waals surface area (Å²) >= 11 is 3.48. The lowest BCUT2D eigenvalue weighted by Crippen LogP contribution is -2.17. The fourth-order valence-electron chi connectivity index (χ4n) is 3.22. The second-order valence-electron chi connectivity index (χ2n) is 6.42. The van der Waals surface area contributed by atoms with Crippen LogP contribution in [0.15, 0.2) is 76.4 Å². The summed E-state index contributed by atoms with van der Waals surface area (Å²) in [6, 6.07) is 22.4. The highest BCUT2D eigenvalue weighted by Crippen LogP contribution is 2.27. The number of pyridine rings is 1. The predicted octanol–water partition coefficient (Wildman–Crippen LogP) is 5.67. The fourth-order valence-corrected chi connectivity index (χ4v) is 3.49. The van der Waals surface area contributed by atoms with Gasteiger partial charge in [-0.2, -0.15) is 0 Å². The van der Waals surface area contributed by atoms with Crippen molar-refractivity contribution < 1.29 is 5.21 Å². The molecule has 1 atom stereocenters. The number of hydrogen-bond donors (Lipinski definition) is 1. The molecule has 26 heavy (non-hydrogen) atoms. The van der Waals surface area contributed by atoms with Gasteiger partial charge in [0.05, 0.1) is 5.71 Å². The van der Waals surface area contributed by atoms with Gasteiger partial charge in [0, 0.05) is 27.3 Å². The van der Waals surface area contributed by atoms with Crippen molar-refractivity contribution in [3.05, 3.63) is 99.3 Å². The van der Waals surface area contributed by atoms with E-state index in [2.05, 4.69) is 50.3 Å². The topological polar surface area (TPSA) is 45.5 Å². The number of rotatable bonds is 5. The van der Waals surface area contributed by atoms with Crippen LogP contribution in [0.25, 0.3) is 0 Å². The van der Waals surface area contributed by atoms with Gasteiger partial charge in [0.25, 0.3) is 0 Å². The van der Waals surface area contributed by atoms with E-state index in [-0.39, 0.29) is 5.92 Å². The Balaban J connectivity index is 2.05. The number of aryl methyl sites for hydroxylation is 2. The van der Waals surface area contributed by atoms with Gasteiger partial charge in [0.15, 0.2) is 0 Å². The van der Waals surface area contributed by atoms with Crippen molar-refractivity contribution >= 4 is 21.6 Å². The Bertz CT molecular complexity index is 885. The molecular formula is C22H21BrN2O. The average Bonchev–Trinajstić information content (AvgIpc) is 2.63. The Labute approximate surface area is 162 Å². The van der Waals surface area contributed by atoms with Crippen LogP contribution in [0.5, 0.6) is 0 Å². The minimum Gasteiger partial charge on any atom is -0.411 e. The van der Waals surface area contributed by atoms with Crippen molar-refractivity contribution in [1.82, 2.24) is 4.98 Å². The molecule has 0 amide bonds. The summed E-state index contributed by atoms with van der Waals surface area (Å²) in [5.74, 6) is -0.0522.